The minimum Gasteiger partial charge on any atom is -0.396 e. The lowest BCUT2D eigenvalue weighted by atomic mass is 10.1. The Balaban J connectivity index is 1.86. The summed E-state index contributed by atoms with van der Waals surface area (Å²) in [4.78, 5) is 34.9. The first-order valence-corrected chi connectivity index (χ1v) is 8.13. The van der Waals surface area contributed by atoms with Gasteiger partial charge in [-0.15, -0.1) is 0 Å². The highest BCUT2D eigenvalue weighted by Crippen LogP contribution is 2.23. The summed E-state index contributed by atoms with van der Waals surface area (Å²) in [5, 5.41) is 7.30. The van der Waals surface area contributed by atoms with Crippen LogP contribution >= 0.6 is 11.6 Å². The van der Waals surface area contributed by atoms with Crippen LogP contribution in [0.4, 0.5) is 20.6 Å². The van der Waals surface area contributed by atoms with Crippen molar-refractivity contribution in [1.82, 2.24) is 10.6 Å². The van der Waals surface area contributed by atoms with Gasteiger partial charge in [-0.05, 0) is 30.3 Å². The molecule has 0 saturated heterocycles. The largest absolute Gasteiger partial charge is 0.396 e. The Hall–Kier alpha value is -3.33. The van der Waals surface area contributed by atoms with Crippen LogP contribution in [0.25, 0.3) is 0 Å². The van der Waals surface area contributed by atoms with Gasteiger partial charge in [0.15, 0.2) is 5.82 Å². The molecule has 2 rings (SSSR count). The van der Waals surface area contributed by atoms with E-state index in [2.05, 4.69) is 16.0 Å². The van der Waals surface area contributed by atoms with Crippen LogP contribution in [0.2, 0.25) is 5.02 Å². The van der Waals surface area contributed by atoms with E-state index < -0.39 is 23.7 Å². The predicted octanol–water partition coefficient (Wildman–Crippen LogP) is 1.71. The number of hydrogen-bond donors (Lipinski definition) is 5. The van der Waals surface area contributed by atoms with Crippen molar-refractivity contribution in [2.45, 2.75) is 0 Å². The molecule has 142 valence electrons. The number of primary amides is 1. The van der Waals surface area contributed by atoms with E-state index in [1.54, 1.807) is 18.2 Å². The molecule has 0 heterocycles. The van der Waals surface area contributed by atoms with Gasteiger partial charge >= 0.3 is 6.03 Å². The number of carbonyl (C=O) groups excluding carboxylic acids is 3. The molecule has 4 amide bonds. The van der Waals surface area contributed by atoms with Gasteiger partial charge in [-0.2, -0.15) is 0 Å². The summed E-state index contributed by atoms with van der Waals surface area (Å²) >= 11 is 5.59. The highest BCUT2D eigenvalue weighted by molar-refractivity contribution is 6.31. The van der Waals surface area contributed by atoms with Gasteiger partial charge in [0.05, 0.1) is 16.3 Å². The maximum atomic E-state index is 13.6. The molecule has 0 aromatic heterocycles. The average Bonchev–Trinajstić information content (AvgIpc) is 2.62. The number of amides is 4. The van der Waals surface area contributed by atoms with Crippen LogP contribution in [0.5, 0.6) is 0 Å². The van der Waals surface area contributed by atoms with E-state index in [1.165, 1.54) is 18.2 Å². The van der Waals surface area contributed by atoms with Crippen molar-refractivity contribution in [2.75, 3.05) is 24.1 Å². The highest BCUT2D eigenvalue weighted by Gasteiger charge is 2.15. The number of urea groups is 1. The fourth-order valence-corrected chi connectivity index (χ4v) is 2.36. The number of hydrogen-bond acceptors (Lipinski definition) is 4. The number of benzene rings is 2. The molecule has 0 aliphatic heterocycles. The minimum absolute atomic E-state index is 0.0477. The van der Waals surface area contributed by atoms with Gasteiger partial charge in [0.2, 0.25) is 0 Å². The van der Waals surface area contributed by atoms with Crippen LogP contribution in [0.3, 0.4) is 0 Å². The summed E-state index contributed by atoms with van der Waals surface area (Å²) in [6, 6.07) is 7.97. The molecule has 2 aromatic rings. The van der Waals surface area contributed by atoms with Crippen molar-refractivity contribution in [2.24, 2.45) is 5.73 Å². The van der Waals surface area contributed by atoms with Gasteiger partial charge in [-0.25, -0.2) is 9.18 Å². The van der Waals surface area contributed by atoms with E-state index in [9.17, 15) is 18.8 Å². The molecule has 0 radical (unpaired) electrons. The van der Waals surface area contributed by atoms with Gasteiger partial charge < -0.3 is 27.4 Å². The van der Waals surface area contributed by atoms with Gasteiger partial charge in [0.25, 0.3) is 11.8 Å². The molecule has 8 nitrogen and oxygen atoms in total. The third-order valence-electron chi connectivity index (χ3n) is 3.47. The van der Waals surface area contributed by atoms with Gasteiger partial charge in [-0.3, -0.25) is 9.59 Å². The summed E-state index contributed by atoms with van der Waals surface area (Å²) in [5.41, 5.74) is 10.8. The van der Waals surface area contributed by atoms with E-state index in [0.29, 0.717) is 11.3 Å². The Morgan fingerprint density at radius 1 is 1.04 bits per heavy atom. The number of nitrogen functional groups attached to an aromatic ring is 1. The molecule has 0 saturated carbocycles. The van der Waals surface area contributed by atoms with Crippen LogP contribution in [0.15, 0.2) is 36.4 Å². The van der Waals surface area contributed by atoms with Crippen molar-refractivity contribution >= 4 is 40.8 Å². The fraction of sp³-hybridized carbons (Fsp3) is 0.118. The van der Waals surface area contributed by atoms with Gasteiger partial charge in [-0.1, -0.05) is 17.7 Å². The molecule has 0 fully saturated rings. The Morgan fingerprint density at radius 2 is 1.70 bits per heavy atom. The van der Waals surface area contributed by atoms with Crippen LogP contribution in [-0.4, -0.2) is 30.9 Å². The van der Waals surface area contributed by atoms with E-state index in [4.69, 9.17) is 23.1 Å². The van der Waals surface area contributed by atoms with Crippen molar-refractivity contribution < 1.29 is 18.8 Å². The first kappa shape index (κ1) is 20.0. The molecular formula is C17H17ClFN5O3. The molecule has 0 spiro atoms. The van der Waals surface area contributed by atoms with Crippen LogP contribution in [0.1, 0.15) is 20.7 Å². The van der Waals surface area contributed by atoms with Gasteiger partial charge in [0.1, 0.15) is 0 Å². The smallest absolute Gasteiger partial charge is 0.316 e. The maximum absolute atomic E-state index is 13.6. The van der Waals surface area contributed by atoms with Crippen molar-refractivity contribution in [3.8, 4) is 0 Å². The van der Waals surface area contributed by atoms with Crippen molar-refractivity contribution in [3.05, 3.63) is 58.4 Å². The zero-order valence-corrected chi connectivity index (χ0v) is 14.8. The lowest BCUT2D eigenvalue weighted by molar-refractivity contribution is 0.0928. The first-order chi connectivity index (χ1) is 12.8. The number of nitrogens with two attached hydrogens (primary N) is 2. The van der Waals surface area contributed by atoms with E-state index >= 15 is 0 Å². The van der Waals surface area contributed by atoms with Crippen LogP contribution in [-0.2, 0) is 0 Å². The summed E-state index contributed by atoms with van der Waals surface area (Å²) in [6.45, 7) is 0.210. The number of nitrogens with one attached hydrogen (secondary N) is 3. The summed E-state index contributed by atoms with van der Waals surface area (Å²) in [6.07, 6.45) is 0. The highest BCUT2D eigenvalue weighted by atomic mass is 35.5. The summed E-state index contributed by atoms with van der Waals surface area (Å²) in [7, 11) is 0. The Kier molecular flexibility index (Phi) is 6.56. The maximum Gasteiger partial charge on any atom is 0.316 e. The van der Waals surface area contributed by atoms with Crippen molar-refractivity contribution in [1.29, 1.82) is 0 Å². The third kappa shape index (κ3) is 5.32. The Labute approximate surface area is 159 Å². The molecule has 0 aliphatic rings. The van der Waals surface area contributed by atoms with Gasteiger partial charge in [0, 0.05) is 24.3 Å². The number of rotatable bonds is 6. The monoisotopic (exact) mass is 393 g/mol. The summed E-state index contributed by atoms with van der Waals surface area (Å²) < 4.78 is 13.6. The molecule has 27 heavy (non-hydrogen) atoms. The Morgan fingerprint density at radius 3 is 2.37 bits per heavy atom. The van der Waals surface area contributed by atoms with Crippen molar-refractivity contribution in [3.63, 3.8) is 0 Å². The first-order valence-electron chi connectivity index (χ1n) is 7.76. The second-order valence-electron chi connectivity index (χ2n) is 5.40. The molecule has 0 unspecified atom stereocenters. The zero-order chi connectivity index (χ0) is 20.0. The standard InChI is InChI=1S/C17H17ClFN5O3/c18-12-5-4-11(14(20)13(12)19)16(26)23-7-6-22-15(25)9-2-1-3-10(8-9)24-17(21)27/h1-5,8H,6-7,20H2,(H,22,25)(H,23,26)(H3,21,24,27). The SMILES string of the molecule is NC(=O)Nc1cccc(C(=O)NCCNC(=O)c2ccc(Cl)c(F)c2N)c1. The topological polar surface area (TPSA) is 139 Å². The molecule has 0 aliphatic carbocycles. The molecule has 7 N–H and O–H groups in total. The zero-order valence-electron chi connectivity index (χ0n) is 14.0. The number of carbonyl (C=O) groups is 3. The molecular weight excluding hydrogens is 377 g/mol. The van der Waals surface area contributed by atoms with E-state index in [-0.39, 0.29) is 29.4 Å². The lowest BCUT2D eigenvalue weighted by Crippen LogP contribution is -2.35. The molecule has 0 atom stereocenters. The third-order valence-corrected chi connectivity index (χ3v) is 3.76. The van der Waals surface area contributed by atoms with E-state index in [0.717, 1.165) is 0 Å². The molecule has 2 aromatic carbocycles. The Bertz CT molecular complexity index is 891. The summed E-state index contributed by atoms with van der Waals surface area (Å²) in [5.74, 6) is -1.86. The second kappa shape index (κ2) is 8.86. The number of halogens is 2. The number of anilines is 2. The second-order valence-corrected chi connectivity index (χ2v) is 5.81. The molecule has 0 bridgehead atoms. The van der Waals surface area contributed by atoms with Crippen LogP contribution in [0, 0.1) is 5.82 Å². The normalized spacial score (nSPS) is 10.1. The fourth-order valence-electron chi connectivity index (χ4n) is 2.19. The van der Waals surface area contributed by atoms with E-state index in [1.807, 2.05) is 0 Å². The van der Waals surface area contributed by atoms with Crippen LogP contribution < -0.4 is 27.4 Å². The quantitative estimate of drug-likeness (QED) is 0.376. The average molecular weight is 394 g/mol. The predicted molar refractivity (Wildman–Crippen MR) is 100 cm³/mol. The molecule has 10 heteroatoms. The minimum atomic E-state index is -0.859. The lowest BCUT2D eigenvalue weighted by Gasteiger charge is -2.10.